The molecule has 4 nitrogen and oxygen atoms in total. The average molecular weight is 379 g/mol. The maximum Gasteiger partial charge on any atom is 0.226 e. The Bertz CT molecular complexity index is 786. The fourth-order valence-electron chi connectivity index (χ4n) is 2.39. The molecule has 2 amide bonds. The summed E-state index contributed by atoms with van der Waals surface area (Å²) in [6, 6.07) is 10.8. The van der Waals surface area contributed by atoms with E-state index < -0.39 is 0 Å². The van der Waals surface area contributed by atoms with Crippen molar-refractivity contribution in [3.63, 3.8) is 0 Å². The SMILES string of the molecule is CC(=O)N(CCC(=O)Nc1c(Cl)cccc1Cl)c1ccc(C)c(C)c1. The van der Waals surface area contributed by atoms with Crippen LogP contribution in [0.25, 0.3) is 0 Å². The number of benzene rings is 2. The van der Waals surface area contributed by atoms with E-state index >= 15 is 0 Å². The predicted octanol–water partition coefficient (Wildman–Crippen LogP) is 4.99. The van der Waals surface area contributed by atoms with Gasteiger partial charge >= 0.3 is 0 Å². The third-order valence-electron chi connectivity index (χ3n) is 3.97. The lowest BCUT2D eigenvalue weighted by Crippen LogP contribution is -2.32. The molecule has 0 bridgehead atoms. The van der Waals surface area contributed by atoms with Gasteiger partial charge in [0.1, 0.15) is 0 Å². The van der Waals surface area contributed by atoms with Gasteiger partial charge in [-0.25, -0.2) is 0 Å². The van der Waals surface area contributed by atoms with Gasteiger partial charge in [0.2, 0.25) is 11.8 Å². The average Bonchev–Trinajstić information content (AvgIpc) is 2.54. The minimum absolute atomic E-state index is 0.119. The monoisotopic (exact) mass is 378 g/mol. The number of halogens is 2. The molecule has 1 N–H and O–H groups in total. The van der Waals surface area contributed by atoms with Crippen molar-refractivity contribution in [3.8, 4) is 0 Å². The maximum atomic E-state index is 12.2. The van der Waals surface area contributed by atoms with E-state index in [1.807, 2.05) is 32.0 Å². The number of anilines is 2. The van der Waals surface area contributed by atoms with Crippen molar-refractivity contribution in [1.29, 1.82) is 0 Å². The van der Waals surface area contributed by atoms with Crippen molar-refractivity contribution in [3.05, 3.63) is 57.6 Å². The van der Waals surface area contributed by atoms with Gasteiger partial charge in [0.15, 0.2) is 0 Å². The van der Waals surface area contributed by atoms with Crippen LogP contribution in [0, 0.1) is 13.8 Å². The largest absolute Gasteiger partial charge is 0.323 e. The molecule has 2 aromatic carbocycles. The van der Waals surface area contributed by atoms with Crippen molar-refractivity contribution in [1.82, 2.24) is 0 Å². The molecule has 2 aromatic rings. The van der Waals surface area contributed by atoms with Gasteiger partial charge in [0.25, 0.3) is 0 Å². The molecule has 0 spiro atoms. The molecule has 0 aliphatic heterocycles. The second-order valence-corrected chi connectivity index (χ2v) is 6.65. The summed E-state index contributed by atoms with van der Waals surface area (Å²) >= 11 is 12.1. The number of para-hydroxylation sites is 1. The normalized spacial score (nSPS) is 10.4. The quantitative estimate of drug-likeness (QED) is 0.796. The summed E-state index contributed by atoms with van der Waals surface area (Å²) in [4.78, 5) is 25.8. The minimum atomic E-state index is -0.259. The summed E-state index contributed by atoms with van der Waals surface area (Å²) in [6.07, 6.45) is 0.133. The van der Waals surface area contributed by atoms with Crippen molar-refractivity contribution in [2.45, 2.75) is 27.2 Å². The van der Waals surface area contributed by atoms with Gasteiger partial charge in [0, 0.05) is 25.6 Å². The first-order valence-electron chi connectivity index (χ1n) is 7.89. The van der Waals surface area contributed by atoms with E-state index in [-0.39, 0.29) is 24.8 Å². The number of hydrogen-bond donors (Lipinski definition) is 1. The van der Waals surface area contributed by atoms with Crippen LogP contribution < -0.4 is 10.2 Å². The van der Waals surface area contributed by atoms with Gasteiger partial charge in [-0.05, 0) is 49.2 Å². The molecule has 25 heavy (non-hydrogen) atoms. The minimum Gasteiger partial charge on any atom is -0.323 e. The number of amides is 2. The number of carbonyl (C=O) groups is 2. The molecule has 0 saturated carbocycles. The molecule has 0 heterocycles. The number of nitrogens with zero attached hydrogens (tertiary/aromatic N) is 1. The number of aryl methyl sites for hydroxylation is 2. The molecule has 0 fully saturated rings. The Morgan fingerprint density at radius 2 is 1.68 bits per heavy atom. The molecule has 0 radical (unpaired) electrons. The first kappa shape index (κ1) is 19.3. The molecule has 0 aliphatic carbocycles. The van der Waals surface area contributed by atoms with E-state index in [4.69, 9.17) is 23.2 Å². The van der Waals surface area contributed by atoms with Crippen molar-refractivity contribution in [2.75, 3.05) is 16.8 Å². The summed E-state index contributed by atoms with van der Waals surface area (Å²) in [5, 5.41) is 3.45. The van der Waals surface area contributed by atoms with Gasteiger partial charge in [-0.1, -0.05) is 35.3 Å². The fraction of sp³-hybridized carbons (Fsp3) is 0.263. The molecule has 0 aromatic heterocycles. The second-order valence-electron chi connectivity index (χ2n) is 5.83. The van der Waals surface area contributed by atoms with Gasteiger partial charge in [0.05, 0.1) is 15.7 Å². The lowest BCUT2D eigenvalue weighted by Gasteiger charge is -2.22. The van der Waals surface area contributed by atoms with Crippen LogP contribution in [0.2, 0.25) is 10.0 Å². The molecule has 6 heteroatoms. The second kappa shape index (κ2) is 8.37. The van der Waals surface area contributed by atoms with E-state index in [2.05, 4.69) is 5.32 Å². The summed E-state index contributed by atoms with van der Waals surface area (Å²) in [7, 11) is 0. The highest BCUT2D eigenvalue weighted by atomic mass is 35.5. The Hall–Kier alpha value is -2.04. The summed E-state index contributed by atoms with van der Waals surface area (Å²) in [5.74, 6) is -0.378. The zero-order valence-electron chi connectivity index (χ0n) is 14.4. The highest BCUT2D eigenvalue weighted by molar-refractivity contribution is 6.39. The van der Waals surface area contributed by atoms with Gasteiger partial charge in [-0.2, -0.15) is 0 Å². The van der Waals surface area contributed by atoms with Crippen LogP contribution in [0.1, 0.15) is 24.5 Å². The molecule has 0 unspecified atom stereocenters. The molecular weight excluding hydrogens is 359 g/mol. The zero-order chi connectivity index (χ0) is 18.6. The van der Waals surface area contributed by atoms with Crippen LogP contribution in [-0.2, 0) is 9.59 Å². The molecular formula is C19H20Cl2N2O2. The summed E-state index contributed by atoms with van der Waals surface area (Å²) in [5.41, 5.74) is 3.41. The van der Waals surface area contributed by atoms with Crippen LogP contribution in [0.3, 0.4) is 0 Å². The van der Waals surface area contributed by atoms with E-state index in [1.54, 1.807) is 23.1 Å². The lowest BCUT2D eigenvalue weighted by atomic mass is 10.1. The summed E-state index contributed by atoms with van der Waals surface area (Å²) < 4.78 is 0. The van der Waals surface area contributed by atoms with Crippen molar-refractivity contribution in [2.24, 2.45) is 0 Å². The number of hydrogen-bond acceptors (Lipinski definition) is 2. The van der Waals surface area contributed by atoms with Crippen LogP contribution >= 0.6 is 23.2 Å². The fourth-order valence-corrected chi connectivity index (χ4v) is 2.89. The van der Waals surface area contributed by atoms with Gasteiger partial charge in [-0.15, -0.1) is 0 Å². The molecule has 2 rings (SSSR count). The van der Waals surface area contributed by atoms with Gasteiger partial charge in [-0.3, -0.25) is 9.59 Å². The Morgan fingerprint density at radius 1 is 1.04 bits per heavy atom. The molecule has 0 atom stereocenters. The number of carbonyl (C=O) groups excluding carboxylic acids is 2. The zero-order valence-corrected chi connectivity index (χ0v) is 15.9. The lowest BCUT2D eigenvalue weighted by molar-refractivity contribution is -0.117. The number of nitrogens with one attached hydrogen (secondary N) is 1. The van der Waals surface area contributed by atoms with E-state index in [1.165, 1.54) is 6.92 Å². The van der Waals surface area contributed by atoms with E-state index in [9.17, 15) is 9.59 Å². The van der Waals surface area contributed by atoms with Crippen molar-refractivity contribution < 1.29 is 9.59 Å². The first-order chi connectivity index (χ1) is 11.8. The molecule has 0 aliphatic rings. The predicted molar refractivity (Wildman–Crippen MR) is 104 cm³/mol. The summed E-state index contributed by atoms with van der Waals surface area (Å²) in [6.45, 7) is 5.75. The third kappa shape index (κ3) is 4.97. The maximum absolute atomic E-state index is 12.2. The van der Waals surface area contributed by atoms with Gasteiger partial charge < -0.3 is 10.2 Å². The van der Waals surface area contributed by atoms with Crippen LogP contribution in [-0.4, -0.2) is 18.4 Å². The smallest absolute Gasteiger partial charge is 0.226 e. The number of rotatable bonds is 5. The van der Waals surface area contributed by atoms with Crippen LogP contribution in [0.4, 0.5) is 11.4 Å². The highest BCUT2D eigenvalue weighted by Gasteiger charge is 2.15. The van der Waals surface area contributed by atoms with Crippen LogP contribution in [0.5, 0.6) is 0 Å². The third-order valence-corrected chi connectivity index (χ3v) is 4.60. The Balaban J connectivity index is 2.07. The highest BCUT2D eigenvalue weighted by Crippen LogP contribution is 2.30. The Labute approximate surface area is 157 Å². The van der Waals surface area contributed by atoms with Crippen LogP contribution in [0.15, 0.2) is 36.4 Å². The topological polar surface area (TPSA) is 49.4 Å². The van der Waals surface area contributed by atoms with E-state index in [0.29, 0.717) is 15.7 Å². The molecule has 0 saturated heterocycles. The molecule has 132 valence electrons. The Kier molecular flexibility index (Phi) is 6.45. The van der Waals surface area contributed by atoms with Crippen molar-refractivity contribution >= 4 is 46.4 Å². The first-order valence-corrected chi connectivity index (χ1v) is 8.64. The standard InChI is InChI=1S/C19H20Cl2N2O2/c1-12-7-8-15(11-13(12)2)23(14(3)24)10-9-18(25)22-19-16(20)5-4-6-17(19)21/h4-8,11H,9-10H2,1-3H3,(H,22,25). The van der Waals surface area contributed by atoms with E-state index in [0.717, 1.165) is 16.8 Å². The Morgan fingerprint density at radius 3 is 2.24 bits per heavy atom.